The number of allylic oxidation sites excluding steroid dienone is 10. The Morgan fingerprint density at radius 2 is 1.64 bits per heavy atom. The Balaban J connectivity index is 3.12. The van der Waals surface area contributed by atoms with E-state index < -0.39 is 17.5 Å². The molecule has 0 heterocycles. The lowest BCUT2D eigenvalue weighted by Gasteiger charge is -2.04. The van der Waals surface area contributed by atoms with Gasteiger partial charge >= 0.3 is 0 Å². The summed E-state index contributed by atoms with van der Waals surface area (Å²) in [6.07, 6.45) is 8.32. The zero-order valence-electron chi connectivity index (χ0n) is 14.7. The molecule has 3 heteroatoms. The lowest BCUT2D eigenvalue weighted by atomic mass is 10.0. The van der Waals surface area contributed by atoms with Gasteiger partial charge in [0.15, 0.2) is 5.83 Å². The Kier molecular flexibility index (Phi) is 8.48. The second-order valence-electron chi connectivity index (χ2n) is 5.47. The minimum Gasteiger partial charge on any atom is -0.209 e. The van der Waals surface area contributed by atoms with Gasteiger partial charge < -0.3 is 0 Å². The van der Waals surface area contributed by atoms with Crippen molar-refractivity contribution in [2.24, 2.45) is 0 Å². The highest BCUT2D eigenvalue weighted by atomic mass is 19.2. The van der Waals surface area contributed by atoms with Crippen LogP contribution < -0.4 is 0 Å². The highest BCUT2D eigenvalue weighted by molar-refractivity contribution is 5.75. The first-order valence-corrected chi connectivity index (χ1v) is 8.08. The van der Waals surface area contributed by atoms with Crippen LogP contribution in [-0.4, -0.2) is 0 Å². The molecule has 0 aliphatic carbocycles. The lowest BCUT2D eigenvalue weighted by Crippen LogP contribution is -1.86. The molecule has 0 unspecified atom stereocenters. The molecule has 25 heavy (non-hydrogen) atoms. The Morgan fingerprint density at radius 3 is 2.12 bits per heavy atom. The van der Waals surface area contributed by atoms with Crippen molar-refractivity contribution in [2.75, 3.05) is 0 Å². The normalized spacial score (nSPS) is 14.2. The fourth-order valence-corrected chi connectivity index (χ4v) is 2.16. The van der Waals surface area contributed by atoms with E-state index in [1.165, 1.54) is 11.6 Å². The Hall–Kier alpha value is -2.55. The molecule has 1 aromatic rings. The van der Waals surface area contributed by atoms with Gasteiger partial charge in [-0.25, -0.2) is 13.2 Å². The summed E-state index contributed by atoms with van der Waals surface area (Å²) in [5.74, 6) is -2.85. The molecule has 132 valence electrons. The summed E-state index contributed by atoms with van der Waals surface area (Å²) in [4.78, 5) is 0. The maximum absolute atomic E-state index is 14.2. The summed E-state index contributed by atoms with van der Waals surface area (Å²) >= 11 is 0. The molecule has 0 bridgehead atoms. The van der Waals surface area contributed by atoms with E-state index in [0.29, 0.717) is 0 Å². The molecule has 0 N–H and O–H groups in total. The van der Waals surface area contributed by atoms with Gasteiger partial charge in [0, 0.05) is 5.57 Å². The van der Waals surface area contributed by atoms with Crippen LogP contribution in [0.1, 0.15) is 31.4 Å². The molecule has 0 amide bonds. The van der Waals surface area contributed by atoms with E-state index in [1.54, 1.807) is 12.2 Å². The first-order chi connectivity index (χ1) is 11.9. The molecule has 0 aliphatic heterocycles. The summed E-state index contributed by atoms with van der Waals surface area (Å²) in [6, 6.07) is 7.94. The Morgan fingerprint density at radius 1 is 1.00 bits per heavy atom. The largest absolute Gasteiger partial charge is 0.209 e. The maximum Gasteiger partial charge on any atom is 0.154 e. The van der Waals surface area contributed by atoms with Crippen molar-refractivity contribution in [3.05, 3.63) is 102 Å². The molecule has 0 saturated heterocycles. The number of rotatable bonds is 8. The third-order valence-corrected chi connectivity index (χ3v) is 3.56. The standard InChI is InChI=1S/C22H23F3/c1-5-8-17-9-11-20(12-10-17)18(6-2)13-14-21(24)19(7-3)15-22(25)16(4)23/h6-7,9-15H,2-3,5,8H2,1,4H3/b18-13+,19-15+,21-14-,22-16+. The molecular weight excluding hydrogens is 321 g/mol. The molecule has 0 atom stereocenters. The molecule has 0 aromatic heterocycles. The van der Waals surface area contributed by atoms with Crippen molar-refractivity contribution in [1.29, 1.82) is 0 Å². The van der Waals surface area contributed by atoms with Gasteiger partial charge in [-0.1, -0.05) is 69.0 Å². The van der Waals surface area contributed by atoms with Crippen LogP contribution in [0, 0.1) is 0 Å². The summed E-state index contributed by atoms with van der Waals surface area (Å²) in [7, 11) is 0. The van der Waals surface area contributed by atoms with Crippen molar-refractivity contribution < 1.29 is 13.2 Å². The Labute approximate surface area is 148 Å². The smallest absolute Gasteiger partial charge is 0.154 e. The van der Waals surface area contributed by atoms with Crippen LogP contribution in [0.4, 0.5) is 13.2 Å². The van der Waals surface area contributed by atoms with Gasteiger partial charge in [-0.05, 0) is 42.2 Å². The summed E-state index contributed by atoms with van der Waals surface area (Å²) in [6.45, 7) is 10.2. The second-order valence-corrected chi connectivity index (χ2v) is 5.47. The molecule has 0 fully saturated rings. The van der Waals surface area contributed by atoms with E-state index in [9.17, 15) is 13.2 Å². The molecule has 0 aliphatic rings. The van der Waals surface area contributed by atoms with Crippen molar-refractivity contribution in [3.8, 4) is 0 Å². The number of halogens is 3. The van der Waals surface area contributed by atoms with Gasteiger partial charge in [-0.15, -0.1) is 0 Å². The fourth-order valence-electron chi connectivity index (χ4n) is 2.16. The Bertz CT molecular complexity index is 725. The van der Waals surface area contributed by atoms with Gasteiger partial charge in [0.25, 0.3) is 0 Å². The average molecular weight is 344 g/mol. The first-order valence-electron chi connectivity index (χ1n) is 8.08. The van der Waals surface area contributed by atoms with Crippen LogP contribution in [0.25, 0.3) is 5.57 Å². The zero-order valence-corrected chi connectivity index (χ0v) is 14.7. The van der Waals surface area contributed by atoms with E-state index >= 15 is 0 Å². The molecular formula is C22H23F3. The summed E-state index contributed by atoms with van der Waals surface area (Å²) in [5.41, 5.74) is 2.72. The fraction of sp³-hybridized carbons (Fsp3) is 0.182. The molecule has 0 radical (unpaired) electrons. The average Bonchev–Trinajstić information content (AvgIpc) is 2.61. The third kappa shape index (κ3) is 6.46. The minimum atomic E-state index is -1.13. The number of hydrogen-bond donors (Lipinski definition) is 0. The van der Waals surface area contributed by atoms with Crippen LogP contribution >= 0.6 is 0 Å². The van der Waals surface area contributed by atoms with Crippen LogP contribution in [0.2, 0.25) is 0 Å². The quantitative estimate of drug-likeness (QED) is 0.433. The zero-order chi connectivity index (χ0) is 18.8. The van der Waals surface area contributed by atoms with Crippen LogP contribution in [0.5, 0.6) is 0 Å². The number of aryl methyl sites for hydroxylation is 1. The van der Waals surface area contributed by atoms with Gasteiger partial charge in [-0.2, -0.15) is 0 Å². The van der Waals surface area contributed by atoms with Crippen LogP contribution in [-0.2, 0) is 6.42 Å². The molecule has 1 rings (SSSR count). The number of benzene rings is 1. The van der Waals surface area contributed by atoms with E-state index in [0.717, 1.165) is 43.1 Å². The summed E-state index contributed by atoms with van der Waals surface area (Å²) in [5, 5.41) is 0. The van der Waals surface area contributed by atoms with Gasteiger partial charge in [0.05, 0.1) is 0 Å². The molecule has 0 saturated carbocycles. The maximum atomic E-state index is 14.2. The second kappa shape index (κ2) is 10.3. The number of hydrogen-bond acceptors (Lipinski definition) is 0. The predicted octanol–water partition coefficient (Wildman–Crippen LogP) is 7.34. The van der Waals surface area contributed by atoms with E-state index in [4.69, 9.17) is 0 Å². The first kappa shape index (κ1) is 20.5. The third-order valence-electron chi connectivity index (χ3n) is 3.56. The van der Waals surface area contributed by atoms with Gasteiger partial charge in [-0.3, -0.25) is 0 Å². The van der Waals surface area contributed by atoms with Crippen molar-refractivity contribution in [2.45, 2.75) is 26.7 Å². The van der Waals surface area contributed by atoms with Crippen molar-refractivity contribution in [1.82, 2.24) is 0 Å². The van der Waals surface area contributed by atoms with Gasteiger partial charge in [0.1, 0.15) is 11.7 Å². The van der Waals surface area contributed by atoms with E-state index in [1.807, 2.05) is 24.3 Å². The highest BCUT2D eigenvalue weighted by Gasteiger charge is 2.04. The molecule has 1 aromatic carbocycles. The van der Waals surface area contributed by atoms with Crippen molar-refractivity contribution in [3.63, 3.8) is 0 Å². The monoisotopic (exact) mass is 344 g/mol. The topological polar surface area (TPSA) is 0 Å². The van der Waals surface area contributed by atoms with E-state index in [-0.39, 0.29) is 5.57 Å². The minimum absolute atomic E-state index is 0.132. The highest BCUT2D eigenvalue weighted by Crippen LogP contribution is 2.21. The van der Waals surface area contributed by atoms with Crippen molar-refractivity contribution >= 4 is 5.57 Å². The van der Waals surface area contributed by atoms with Gasteiger partial charge in [0.2, 0.25) is 0 Å². The van der Waals surface area contributed by atoms with E-state index in [2.05, 4.69) is 20.1 Å². The van der Waals surface area contributed by atoms with Crippen LogP contribution in [0.3, 0.4) is 0 Å². The summed E-state index contributed by atoms with van der Waals surface area (Å²) < 4.78 is 40.3. The SMILES string of the molecule is C=CC(=C\C(F)=C(\C)F)/C(F)=C/C=C(\C=C)c1ccc(CCC)cc1. The predicted molar refractivity (Wildman–Crippen MR) is 101 cm³/mol. The molecule has 0 nitrogen and oxygen atoms in total. The van der Waals surface area contributed by atoms with Crippen LogP contribution in [0.15, 0.2) is 90.9 Å². The lowest BCUT2D eigenvalue weighted by molar-refractivity contribution is 0.554. The molecule has 0 spiro atoms.